The van der Waals surface area contributed by atoms with Crippen molar-refractivity contribution in [2.75, 3.05) is 6.54 Å². The summed E-state index contributed by atoms with van der Waals surface area (Å²) < 4.78 is 11.2. The van der Waals surface area contributed by atoms with Gasteiger partial charge in [-0.25, -0.2) is 0 Å². The Morgan fingerprint density at radius 2 is 1.42 bits per heavy atom. The van der Waals surface area contributed by atoms with Gasteiger partial charge in [-0.3, -0.25) is 9.59 Å². The fourth-order valence-corrected chi connectivity index (χ4v) is 3.93. The number of aryl methyl sites for hydroxylation is 1. The average Bonchev–Trinajstić information content (AvgIpc) is 2.89. The van der Waals surface area contributed by atoms with E-state index in [4.69, 9.17) is 9.47 Å². The molecule has 0 bridgehead atoms. The highest BCUT2D eigenvalue weighted by Gasteiger charge is 2.17. The van der Waals surface area contributed by atoms with Crippen molar-refractivity contribution >= 4 is 11.9 Å². The van der Waals surface area contributed by atoms with Crippen LogP contribution in [0.1, 0.15) is 34.0 Å². The van der Waals surface area contributed by atoms with Gasteiger partial charge in [0.1, 0.15) is 17.2 Å². The molecule has 4 aromatic carbocycles. The summed E-state index contributed by atoms with van der Waals surface area (Å²) in [4.78, 5) is 26.7. The van der Waals surface area contributed by atoms with Crippen molar-refractivity contribution in [2.24, 2.45) is 0 Å². The van der Waals surface area contributed by atoms with E-state index in [0.717, 1.165) is 17.5 Å². The molecule has 0 N–H and O–H groups in total. The van der Waals surface area contributed by atoms with Crippen LogP contribution < -0.4 is 9.47 Å². The van der Waals surface area contributed by atoms with Crippen molar-refractivity contribution in [3.63, 3.8) is 0 Å². The maximum absolute atomic E-state index is 13.6. The van der Waals surface area contributed by atoms with E-state index in [9.17, 15) is 9.59 Å². The van der Waals surface area contributed by atoms with Gasteiger partial charge in [-0.05, 0) is 66.4 Å². The van der Waals surface area contributed by atoms with Gasteiger partial charge in [0, 0.05) is 25.6 Å². The van der Waals surface area contributed by atoms with E-state index in [2.05, 4.69) is 12.1 Å². The highest BCUT2D eigenvalue weighted by molar-refractivity contribution is 5.94. The summed E-state index contributed by atoms with van der Waals surface area (Å²) in [7, 11) is 0. The van der Waals surface area contributed by atoms with Crippen LogP contribution in [0.5, 0.6) is 17.2 Å². The number of ether oxygens (including phenoxy) is 2. The molecule has 0 heterocycles. The summed E-state index contributed by atoms with van der Waals surface area (Å²) in [6.07, 6.45) is 0.767. The van der Waals surface area contributed by atoms with E-state index in [1.807, 2.05) is 78.6 Å². The SMILES string of the molecule is CC(=O)Oc1ccc(Oc2cccc(C(=O)N(CCc3ccccc3)Cc3ccccc3)c2)cc1C. The Bertz CT molecular complexity index is 1320. The van der Waals surface area contributed by atoms with Crippen molar-refractivity contribution in [1.82, 2.24) is 4.90 Å². The van der Waals surface area contributed by atoms with Crippen molar-refractivity contribution in [3.8, 4) is 17.2 Å². The molecule has 5 nitrogen and oxygen atoms in total. The number of hydrogen-bond donors (Lipinski definition) is 0. The molecule has 4 aromatic rings. The molecule has 4 rings (SSSR count). The normalized spacial score (nSPS) is 10.5. The van der Waals surface area contributed by atoms with Gasteiger partial charge in [0.15, 0.2) is 0 Å². The van der Waals surface area contributed by atoms with Crippen molar-refractivity contribution < 1.29 is 19.1 Å². The van der Waals surface area contributed by atoms with Crippen molar-refractivity contribution in [1.29, 1.82) is 0 Å². The molecule has 0 radical (unpaired) electrons. The zero-order valence-corrected chi connectivity index (χ0v) is 20.5. The minimum absolute atomic E-state index is 0.0541. The molecular weight excluding hydrogens is 450 g/mol. The Morgan fingerprint density at radius 3 is 2.08 bits per heavy atom. The standard InChI is InChI=1S/C31H29NO4/c1-23-20-29(16-17-30(23)35-24(2)33)36-28-15-9-14-27(21-28)31(34)32(22-26-12-7-4-8-13-26)19-18-25-10-5-3-6-11-25/h3-17,20-21H,18-19,22H2,1-2H3. The largest absolute Gasteiger partial charge is 0.457 e. The molecule has 0 atom stereocenters. The summed E-state index contributed by atoms with van der Waals surface area (Å²) in [6, 6.07) is 32.6. The van der Waals surface area contributed by atoms with Gasteiger partial charge in [-0.15, -0.1) is 0 Å². The Morgan fingerprint density at radius 1 is 0.750 bits per heavy atom. The zero-order chi connectivity index (χ0) is 25.3. The number of carbonyl (C=O) groups excluding carboxylic acids is 2. The van der Waals surface area contributed by atoms with Crippen LogP contribution in [0, 0.1) is 6.92 Å². The quantitative estimate of drug-likeness (QED) is 0.201. The van der Waals surface area contributed by atoms with Gasteiger partial charge in [-0.2, -0.15) is 0 Å². The van der Waals surface area contributed by atoms with Gasteiger partial charge in [0.05, 0.1) is 0 Å². The Hall–Kier alpha value is -4.38. The Balaban J connectivity index is 1.52. The second-order valence-electron chi connectivity index (χ2n) is 8.60. The monoisotopic (exact) mass is 479 g/mol. The van der Waals surface area contributed by atoms with E-state index >= 15 is 0 Å². The lowest BCUT2D eigenvalue weighted by atomic mass is 10.1. The molecule has 5 heteroatoms. The van der Waals surface area contributed by atoms with Gasteiger partial charge < -0.3 is 14.4 Å². The molecule has 182 valence electrons. The van der Waals surface area contributed by atoms with Gasteiger partial charge in [0.2, 0.25) is 0 Å². The molecule has 0 spiro atoms. The summed E-state index contributed by atoms with van der Waals surface area (Å²) in [6.45, 7) is 4.33. The topological polar surface area (TPSA) is 55.8 Å². The molecule has 0 saturated heterocycles. The molecule has 0 aliphatic carbocycles. The fourth-order valence-electron chi connectivity index (χ4n) is 3.93. The number of carbonyl (C=O) groups is 2. The lowest BCUT2D eigenvalue weighted by molar-refractivity contribution is -0.131. The van der Waals surface area contributed by atoms with Crippen LogP contribution in [0.15, 0.2) is 103 Å². The van der Waals surface area contributed by atoms with Crippen LogP contribution in [-0.2, 0) is 17.8 Å². The Kier molecular flexibility index (Phi) is 8.14. The first-order chi connectivity index (χ1) is 17.5. The summed E-state index contributed by atoms with van der Waals surface area (Å²) >= 11 is 0. The molecule has 0 unspecified atom stereocenters. The number of amides is 1. The van der Waals surface area contributed by atoms with Gasteiger partial charge >= 0.3 is 5.97 Å². The second kappa shape index (κ2) is 11.8. The summed E-state index contributed by atoms with van der Waals surface area (Å²) in [5, 5.41) is 0. The van der Waals surface area contributed by atoms with Crippen LogP contribution in [-0.4, -0.2) is 23.3 Å². The van der Waals surface area contributed by atoms with E-state index < -0.39 is 0 Å². The molecule has 0 aliphatic heterocycles. The third-order valence-electron chi connectivity index (χ3n) is 5.73. The minimum atomic E-state index is -0.370. The van der Waals surface area contributed by atoms with Crippen molar-refractivity contribution in [2.45, 2.75) is 26.8 Å². The van der Waals surface area contributed by atoms with Crippen LogP contribution in [0.4, 0.5) is 0 Å². The predicted molar refractivity (Wildman–Crippen MR) is 140 cm³/mol. The van der Waals surface area contributed by atoms with Gasteiger partial charge in [0.25, 0.3) is 5.91 Å². The molecule has 0 saturated carbocycles. The Labute approximate surface area is 211 Å². The number of hydrogen-bond acceptors (Lipinski definition) is 4. The molecule has 0 fully saturated rings. The summed E-state index contributed by atoms with van der Waals surface area (Å²) in [5.41, 5.74) is 3.61. The number of esters is 1. The van der Waals surface area contributed by atoms with E-state index in [-0.39, 0.29) is 11.9 Å². The fraction of sp³-hybridized carbons (Fsp3) is 0.161. The molecular formula is C31H29NO4. The number of rotatable bonds is 9. The zero-order valence-electron chi connectivity index (χ0n) is 20.5. The lowest BCUT2D eigenvalue weighted by Crippen LogP contribution is -2.32. The molecule has 1 amide bonds. The molecule has 0 aromatic heterocycles. The first-order valence-electron chi connectivity index (χ1n) is 11.9. The predicted octanol–water partition coefficient (Wildman–Crippen LogP) is 6.60. The maximum Gasteiger partial charge on any atom is 0.308 e. The van der Waals surface area contributed by atoms with E-state index in [1.165, 1.54) is 12.5 Å². The van der Waals surface area contributed by atoms with Crippen LogP contribution >= 0.6 is 0 Å². The molecule has 0 aliphatic rings. The smallest absolute Gasteiger partial charge is 0.308 e. The van der Waals surface area contributed by atoms with Gasteiger partial charge in [-0.1, -0.05) is 66.7 Å². The summed E-state index contributed by atoms with van der Waals surface area (Å²) in [5.74, 6) is 1.22. The lowest BCUT2D eigenvalue weighted by Gasteiger charge is -2.23. The number of nitrogens with zero attached hydrogens (tertiary/aromatic N) is 1. The van der Waals surface area contributed by atoms with Crippen LogP contribution in [0.25, 0.3) is 0 Å². The van der Waals surface area contributed by atoms with Crippen LogP contribution in [0.3, 0.4) is 0 Å². The number of benzene rings is 4. The van der Waals surface area contributed by atoms with Crippen LogP contribution in [0.2, 0.25) is 0 Å². The highest BCUT2D eigenvalue weighted by atomic mass is 16.5. The third-order valence-corrected chi connectivity index (χ3v) is 5.73. The third kappa shape index (κ3) is 6.83. The highest BCUT2D eigenvalue weighted by Crippen LogP contribution is 2.28. The average molecular weight is 480 g/mol. The van der Waals surface area contributed by atoms with E-state index in [0.29, 0.717) is 35.9 Å². The first kappa shape index (κ1) is 24.7. The molecule has 36 heavy (non-hydrogen) atoms. The van der Waals surface area contributed by atoms with Crippen molar-refractivity contribution in [3.05, 3.63) is 125 Å². The maximum atomic E-state index is 13.6. The van der Waals surface area contributed by atoms with E-state index in [1.54, 1.807) is 24.3 Å². The minimum Gasteiger partial charge on any atom is -0.457 e. The first-order valence-corrected chi connectivity index (χ1v) is 11.9. The second-order valence-corrected chi connectivity index (χ2v) is 8.60.